The van der Waals surface area contributed by atoms with Crippen LogP contribution in [0.1, 0.15) is 58.8 Å². The van der Waals surface area contributed by atoms with Crippen LogP contribution >= 0.6 is 0 Å². The van der Waals surface area contributed by atoms with Gasteiger partial charge in [0.05, 0.1) is 34.7 Å². The van der Waals surface area contributed by atoms with Gasteiger partial charge in [0.15, 0.2) is 9.84 Å². The van der Waals surface area contributed by atoms with Crippen molar-refractivity contribution < 1.29 is 13.2 Å². The Labute approximate surface area is 192 Å². The van der Waals surface area contributed by atoms with Gasteiger partial charge in [0.1, 0.15) is 0 Å². The van der Waals surface area contributed by atoms with E-state index in [-0.39, 0.29) is 29.4 Å². The molecule has 1 saturated heterocycles. The smallest absolute Gasteiger partial charge is 0.255 e. The first-order valence-corrected chi connectivity index (χ1v) is 13.3. The summed E-state index contributed by atoms with van der Waals surface area (Å²) in [6.45, 7) is 0. The third-order valence-corrected chi connectivity index (χ3v) is 8.56. The van der Waals surface area contributed by atoms with Crippen LogP contribution in [0.4, 0.5) is 0 Å². The summed E-state index contributed by atoms with van der Waals surface area (Å²) in [5.41, 5.74) is 5.79. The Morgan fingerprint density at radius 2 is 1.88 bits per heavy atom. The fourth-order valence-electron chi connectivity index (χ4n) is 4.97. The lowest BCUT2D eigenvalue weighted by molar-refractivity contribution is 0.0940. The number of fused-ring (bicyclic) bond motifs is 3. The van der Waals surface area contributed by atoms with Crippen LogP contribution in [0.15, 0.2) is 36.7 Å². The van der Waals surface area contributed by atoms with E-state index in [1.165, 1.54) is 5.56 Å². The maximum absolute atomic E-state index is 13.1. The van der Waals surface area contributed by atoms with Crippen LogP contribution in [-0.2, 0) is 22.7 Å². The minimum atomic E-state index is -3.07. The second-order valence-electron chi connectivity index (χ2n) is 9.26. The molecule has 33 heavy (non-hydrogen) atoms. The molecule has 9 heteroatoms. The highest BCUT2D eigenvalue weighted by Crippen LogP contribution is 2.42. The summed E-state index contributed by atoms with van der Waals surface area (Å²) < 4.78 is 25.3. The quantitative estimate of drug-likeness (QED) is 0.637. The molecule has 1 atom stereocenters. The molecule has 3 aromatic rings. The van der Waals surface area contributed by atoms with Gasteiger partial charge in [-0.1, -0.05) is 24.3 Å². The summed E-state index contributed by atoms with van der Waals surface area (Å²) in [6.07, 6.45) is 8.87. The standard InChI is InChI=1S/C24H25N5O3S/c30-23(27-18-10-11-33(31,32)14-18)20-13-26-29(22(20)16-8-9-16)24-25-12-17-6-3-5-15-4-1-2-7-19(15)21(17)28-24/h1-2,4,7,12-13,16,18H,3,5-6,8-11,14H2,(H,27,30). The topological polar surface area (TPSA) is 107 Å². The highest BCUT2D eigenvalue weighted by atomic mass is 32.2. The normalized spacial score (nSPS) is 21.2. The molecule has 0 bridgehead atoms. The molecular formula is C24H25N5O3S. The Balaban J connectivity index is 1.37. The molecule has 1 aliphatic heterocycles. The predicted octanol–water partition coefficient (Wildman–Crippen LogP) is 2.61. The van der Waals surface area contributed by atoms with Crippen molar-refractivity contribution >= 4 is 15.7 Å². The highest BCUT2D eigenvalue weighted by Gasteiger charge is 2.35. The number of carbonyl (C=O) groups excluding carboxylic acids is 1. The van der Waals surface area contributed by atoms with E-state index in [4.69, 9.17) is 4.98 Å². The Kier molecular flexibility index (Phi) is 4.83. The van der Waals surface area contributed by atoms with Gasteiger partial charge in [-0.25, -0.2) is 23.1 Å². The second kappa shape index (κ2) is 7.76. The summed E-state index contributed by atoms with van der Waals surface area (Å²) in [5.74, 6) is 0.547. The summed E-state index contributed by atoms with van der Waals surface area (Å²) in [6, 6.07) is 8.01. The van der Waals surface area contributed by atoms with E-state index in [9.17, 15) is 13.2 Å². The van der Waals surface area contributed by atoms with E-state index in [0.29, 0.717) is 17.9 Å². The second-order valence-corrected chi connectivity index (χ2v) is 11.5. The highest BCUT2D eigenvalue weighted by molar-refractivity contribution is 7.91. The third-order valence-electron chi connectivity index (χ3n) is 6.79. The Morgan fingerprint density at radius 3 is 2.67 bits per heavy atom. The number of aryl methyl sites for hydroxylation is 2. The van der Waals surface area contributed by atoms with Gasteiger partial charge in [-0.3, -0.25) is 4.79 Å². The summed E-state index contributed by atoms with van der Waals surface area (Å²) in [5, 5.41) is 7.41. The van der Waals surface area contributed by atoms with Crippen molar-refractivity contribution in [3.05, 3.63) is 59.0 Å². The first kappa shape index (κ1) is 20.5. The molecule has 1 unspecified atom stereocenters. The number of hydrogen-bond acceptors (Lipinski definition) is 6. The lowest BCUT2D eigenvalue weighted by atomic mass is 10.0. The molecule has 0 radical (unpaired) electrons. The van der Waals surface area contributed by atoms with Crippen molar-refractivity contribution in [2.24, 2.45) is 0 Å². The predicted molar refractivity (Wildman–Crippen MR) is 123 cm³/mol. The molecule has 2 fully saturated rings. The molecule has 2 aromatic heterocycles. The molecule has 1 amide bonds. The molecule has 1 N–H and O–H groups in total. The van der Waals surface area contributed by atoms with Crippen LogP contribution in [0, 0.1) is 0 Å². The maximum atomic E-state index is 13.1. The number of amides is 1. The minimum absolute atomic E-state index is 0.00101. The van der Waals surface area contributed by atoms with Crippen molar-refractivity contribution in [2.75, 3.05) is 11.5 Å². The monoisotopic (exact) mass is 463 g/mol. The molecular weight excluding hydrogens is 438 g/mol. The zero-order valence-corrected chi connectivity index (χ0v) is 19.0. The number of nitrogens with zero attached hydrogens (tertiary/aromatic N) is 4. The number of rotatable bonds is 4. The van der Waals surface area contributed by atoms with Crippen LogP contribution in [-0.4, -0.2) is 51.6 Å². The fraction of sp³-hybridized carbons (Fsp3) is 0.417. The number of carbonyl (C=O) groups is 1. The van der Waals surface area contributed by atoms with Crippen molar-refractivity contribution in [3.8, 4) is 17.2 Å². The lowest BCUT2D eigenvalue weighted by Gasteiger charge is -2.13. The first-order chi connectivity index (χ1) is 16.0. The molecule has 2 aliphatic carbocycles. The van der Waals surface area contributed by atoms with Gasteiger partial charge >= 0.3 is 0 Å². The van der Waals surface area contributed by atoms with Gasteiger partial charge < -0.3 is 5.32 Å². The average molecular weight is 464 g/mol. The van der Waals surface area contributed by atoms with Gasteiger partial charge in [0.2, 0.25) is 0 Å². The van der Waals surface area contributed by atoms with Gasteiger partial charge in [-0.15, -0.1) is 0 Å². The molecule has 3 aliphatic rings. The summed E-state index contributed by atoms with van der Waals surface area (Å²) in [4.78, 5) is 22.6. The number of sulfone groups is 1. The van der Waals surface area contributed by atoms with E-state index >= 15 is 0 Å². The molecule has 6 rings (SSSR count). The van der Waals surface area contributed by atoms with Gasteiger partial charge in [0, 0.05) is 23.7 Å². The summed E-state index contributed by atoms with van der Waals surface area (Å²) in [7, 11) is -3.07. The van der Waals surface area contributed by atoms with Crippen LogP contribution < -0.4 is 5.32 Å². The van der Waals surface area contributed by atoms with Crippen LogP contribution in [0.2, 0.25) is 0 Å². The minimum Gasteiger partial charge on any atom is -0.348 e. The van der Waals surface area contributed by atoms with E-state index in [1.54, 1.807) is 10.9 Å². The molecule has 3 heterocycles. The zero-order valence-electron chi connectivity index (χ0n) is 18.2. The van der Waals surface area contributed by atoms with Gasteiger partial charge in [-0.2, -0.15) is 5.10 Å². The first-order valence-electron chi connectivity index (χ1n) is 11.5. The average Bonchev–Trinajstić information content (AvgIpc) is 3.49. The molecule has 170 valence electrons. The SMILES string of the molecule is O=C(NC1CCS(=O)(=O)C1)c1cnn(-c2ncc3c(n2)-c2ccccc2CCC3)c1C1CC1. The van der Waals surface area contributed by atoms with E-state index in [2.05, 4.69) is 33.6 Å². The number of benzene rings is 1. The van der Waals surface area contributed by atoms with Gasteiger partial charge in [0.25, 0.3) is 11.9 Å². The molecule has 1 saturated carbocycles. The molecule has 0 spiro atoms. The van der Waals surface area contributed by atoms with Gasteiger partial charge in [-0.05, 0) is 49.7 Å². The summed E-state index contributed by atoms with van der Waals surface area (Å²) >= 11 is 0. The van der Waals surface area contributed by atoms with Crippen molar-refractivity contribution in [2.45, 2.75) is 50.5 Å². The van der Waals surface area contributed by atoms with E-state index < -0.39 is 9.84 Å². The third kappa shape index (κ3) is 3.84. The number of hydrogen-bond donors (Lipinski definition) is 1. The Hall–Kier alpha value is -3.07. The molecule has 1 aromatic carbocycles. The lowest BCUT2D eigenvalue weighted by Crippen LogP contribution is -2.36. The van der Waals surface area contributed by atoms with E-state index in [1.807, 2.05) is 12.3 Å². The van der Waals surface area contributed by atoms with Crippen molar-refractivity contribution in [1.29, 1.82) is 0 Å². The van der Waals surface area contributed by atoms with Crippen LogP contribution in [0.5, 0.6) is 0 Å². The zero-order chi connectivity index (χ0) is 22.6. The van der Waals surface area contributed by atoms with Crippen molar-refractivity contribution in [1.82, 2.24) is 25.1 Å². The van der Waals surface area contributed by atoms with Crippen LogP contribution in [0.25, 0.3) is 17.2 Å². The van der Waals surface area contributed by atoms with E-state index in [0.717, 1.165) is 54.6 Å². The fourth-order valence-corrected chi connectivity index (χ4v) is 6.64. The Bertz CT molecular complexity index is 1360. The molecule has 8 nitrogen and oxygen atoms in total. The largest absolute Gasteiger partial charge is 0.348 e. The number of aromatic nitrogens is 4. The van der Waals surface area contributed by atoms with Crippen LogP contribution in [0.3, 0.4) is 0 Å². The number of nitrogens with one attached hydrogen (secondary N) is 1. The van der Waals surface area contributed by atoms with Crippen molar-refractivity contribution in [3.63, 3.8) is 0 Å². The Morgan fingerprint density at radius 1 is 1.06 bits per heavy atom. The maximum Gasteiger partial charge on any atom is 0.255 e.